The summed E-state index contributed by atoms with van der Waals surface area (Å²) in [4.78, 5) is 0. The molecule has 1 aliphatic rings. The summed E-state index contributed by atoms with van der Waals surface area (Å²) in [6.45, 7) is 0.569. The van der Waals surface area contributed by atoms with Crippen molar-refractivity contribution >= 4 is 26.0 Å². The van der Waals surface area contributed by atoms with Gasteiger partial charge in [0.15, 0.2) is 4.60 Å². The van der Waals surface area contributed by atoms with Crippen LogP contribution in [0.25, 0.3) is 0 Å². The highest BCUT2D eigenvalue weighted by atomic mass is 79.9. The Morgan fingerprint density at radius 2 is 2.19 bits per heavy atom. The van der Waals surface area contributed by atoms with E-state index in [1.54, 1.807) is 14.1 Å². The fraction of sp³-hybridized carbons (Fsp3) is 0.750. The first kappa shape index (κ1) is 12.0. The van der Waals surface area contributed by atoms with Gasteiger partial charge in [0.25, 0.3) is 10.0 Å². The van der Waals surface area contributed by atoms with Crippen molar-refractivity contribution in [3.63, 3.8) is 0 Å². The van der Waals surface area contributed by atoms with Crippen LogP contribution in [0.15, 0.2) is 9.63 Å². The Morgan fingerprint density at radius 1 is 1.56 bits per heavy atom. The summed E-state index contributed by atoms with van der Waals surface area (Å²) in [5, 5.41) is 7.46. The number of rotatable bonds is 4. The topological polar surface area (TPSA) is 68.1 Å². The molecule has 0 aliphatic heterocycles. The largest absolute Gasteiger partial charge is 0.262 e. The average molecular weight is 309 g/mol. The van der Waals surface area contributed by atoms with Crippen molar-refractivity contribution in [2.24, 2.45) is 13.0 Å². The van der Waals surface area contributed by atoms with Gasteiger partial charge < -0.3 is 0 Å². The summed E-state index contributed by atoms with van der Waals surface area (Å²) in [5.41, 5.74) is 0. The van der Waals surface area contributed by atoms with E-state index in [4.69, 9.17) is 0 Å². The Morgan fingerprint density at radius 3 is 2.62 bits per heavy atom. The van der Waals surface area contributed by atoms with E-state index in [2.05, 4.69) is 26.2 Å². The van der Waals surface area contributed by atoms with Gasteiger partial charge in [0.2, 0.25) is 5.03 Å². The molecule has 8 heteroatoms. The first-order valence-electron chi connectivity index (χ1n) is 4.94. The molecular formula is C8H13BrN4O2S. The first-order valence-corrected chi connectivity index (χ1v) is 7.17. The molecule has 0 amide bonds. The van der Waals surface area contributed by atoms with Crippen molar-refractivity contribution in [2.45, 2.75) is 17.9 Å². The van der Waals surface area contributed by atoms with Gasteiger partial charge in [0, 0.05) is 20.6 Å². The molecule has 1 fully saturated rings. The van der Waals surface area contributed by atoms with E-state index in [1.807, 2.05) is 0 Å². The van der Waals surface area contributed by atoms with Crippen LogP contribution in [-0.2, 0) is 17.1 Å². The molecule has 1 aromatic heterocycles. The molecule has 1 aliphatic carbocycles. The van der Waals surface area contributed by atoms with Gasteiger partial charge in [0.1, 0.15) is 0 Å². The first-order chi connectivity index (χ1) is 7.43. The number of hydrogen-bond acceptors (Lipinski definition) is 4. The molecule has 0 aromatic carbocycles. The van der Waals surface area contributed by atoms with E-state index in [-0.39, 0.29) is 9.63 Å². The van der Waals surface area contributed by atoms with E-state index < -0.39 is 10.0 Å². The molecule has 0 unspecified atom stereocenters. The molecule has 6 nitrogen and oxygen atoms in total. The number of aryl methyl sites for hydroxylation is 1. The standard InChI is InChI=1S/C8H13BrN4O2S/c1-12(5-6-3-4-6)16(14,15)8-7(9)10-11-13(8)2/h6H,3-5H2,1-2H3. The van der Waals surface area contributed by atoms with E-state index in [0.29, 0.717) is 12.5 Å². The van der Waals surface area contributed by atoms with E-state index in [9.17, 15) is 8.42 Å². The quantitative estimate of drug-likeness (QED) is 0.817. The van der Waals surface area contributed by atoms with E-state index in [1.165, 1.54) is 8.99 Å². The lowest BCUT2D eigenvalue weighted by atomic mass is 10.4. The van der Waals surface area contributed by atoms with Crippen LogP contribution in [0.4, 0.5) is 0 Å². The molecule has 0 radical (unpaired) electrons. The minimum atomic E-state index is -3.49. The van der Waals surface area contributed by atoms with Gasteiger partial charge in [-0.25, -0.2) is 13.1 Å². The number of nitrogens with zero attached hydrogens (tertiary/aromatic N) is 4. The monoisotopic (exact) mass is 308 g/mol. The van der Waals surface area contributed by atoms with Gasteiger partial charge in [-0.15, -0.1) is 5.10 Å². The van der Waals surface area contributed by atoms with Crippen LogP contribution in [0.5, 0.6) is 0 Å². The molecule has 0 saturated heterocycles. The molecule has 1 saturated carbocycles. The van der Waals surface area contributed by atoms with Crippen molar-refractivity contribution in [3.05, 3.63) is 4.60 Å². The molecule has 16 heavy (non-hydrogen) atoms. The third-order valence-corrected chi connectivity index (χ3v) is 5.32. The van der Waals surface area contributed by atoms with Crippen molar-refractivity contribution in [2.75, 3.05) is 13.6 Å². The fourth-order valence-corrected chi connectivity index (χ4v) is 3.77. The second-order valence-electron chi connectivity index (χ2n) is 4.04. The Kier molecular flexibility index (Phi) is 3.06. The van der Waals surface area contributed by atoms with Crippen LogP contribution in [0, 0.1) is 5.92 Å². The van der Waals surface area contributed by atoms with Gasteiger partial charge in [-0.2, -0.15) is 4.31 Å². The molecular weight excluding hydrogens is 296 g/mol. The maximum absolute atomic E-state index is 12.2. The zero-order valence-corrected chi connectivity index (χ0v) is 11.5. The minimum Gasteiger partial charge on any atom is -0.235 e. The Bertz CT molecular complexity index is 475. The predicted molar refractivity (Wildman–Crippen MR) is 61.2 cm³/mol. The lowest BCUT2D eigenvalue weighted by Crippen LogP contribution is -2.30. The molecule has 1 aromatic rings. The van der Waals surface area contributed by atoms with Crippen LogP contribution < -0.4 is 0 Å². The van der Waals surface area contributed by atoms with Crippen molar-refractivity contribution in [1.82, 2.24) is 19.3 Å². The third kappa shape index (κ3) is 2.14. The summed E-state index contributed by atoms with van der Waals surface area (Å²) >= 11 is 3.10. The van der Waals surface area contributed by atoms with E-state index >= 15 is 0 Å². The highest BCUT2D eigenvalue weighted by Gasteiger charge is 2.32. The SMILES string of the molecule is CN(CC1CC1)S(=O)(=O)c1c(Br)nnn1C. The lowest BCUT2D eigenvalue weighted by molar-refractivity contribution is 0.444. The normalized spacial score (nSPS) is 17.0. The maximum Gasteiger partial charge on any atom is 0.262 e. The summed E-state index contributed by atoms with van der Waals surface area (Å²) in [5.74, 6) is 0.514. The van der Waals surface area contributed by atoms with Gasteiger partial charge >= 0.3 is 0 Å². The van der Waals surface area contributed by atoms with Crippen LogP contribution >= 0.6 is 15.9 Å². The zero-order valence-electron chi connectivity index (χ0n) is 9.09. The number of sulfonamides is 1. The second-order valence-corrected chi connectivity index (χ2v) is 6.75. The Balaban J connectivity index is 2.30. The van der Waals surface area contributed by atoms with Crippen LogP contribution in [0.1, 0.15) is 12.8 Å². The third-order valence-electron chi connectivity index (χ3n) is 2.60. The molecule has 0 atom stereocenters. The van der Waals surface area contributed by atoms with Crippen LogP contribution in [-0.4, -0.2) is 41.3 Å². The fourth-order valence-electron chi connectivity index (χ4n) is 1.51. The lowest BCUT2D eigenvalue weighted by Gasteiger charge is -2.16. The number of aromatic nitrogens is 3. The summed E-state index contributed by atoms with van der Waals surface area (Å²) in [6, 6.07) is 0. The van der Waals surface area contributed by atoms with Gasteiger partial charge in [-0.3, -0.25) is 0 Å². The van der Waals surface area contributed by atoms with Crippen LogP contribution in [0.3, 0.4) is 0 Å². The molecule has 90 valence electrons. The van der Waals surface area contributed by atoms with E-state index in [0.717, 1.165) is 12.8 Å². The van der Waals surface area contributed by atoms with Gasteiger partial charge in [-0.05, 0) is 34.7 Å². The summed E-state index contributed by atoms with van der Waals surface area (Å²) < 4.78 is 27.3. The summed E-state index contributed by atoms with van der Waals surface area (Å²) in [6.07, 6.45) is 2.23. The molecule has 0 spiro atoms. The highest BCUT2D eigenvalue weighted by molar-refractivity contribution is 9.10. The van der Waals surface area contributed by atoms with Crippen molar-refractivity contribution in [1.29, 1.82) is 0 Å². The summed E-state index contributed by atoms with van der Waals surface area (Å²) in [7, 11) is -0.332. The smallest absolute Gasteiger partial charge is 0.235 e. The average Bonchev–Trinajstić information content (AvgIpc) is 2.92. The highest BCUT2D eigenvalue weighted by Crippen LogP contribution is 2.31. The molecule has 1 heterocycles. The number of hydrogen-bond donors (Lipinski definition) is 0. The Hall–Kier alpha value is -0.470. The second kappa shape index (κ2) is 4.08. The van der Waals surface area contributed by atoms with Crippen molar-refractivity contribution < 1.29 is 8.42 Å². The van der Waals surface area contributed by atoms with Gasteiger partial charge in [-0.1, -0.05) is 5.21 Å². The molecule has 2 rings (SSSR count). The zero-order chi connectivity index (χ0) is 11.9. The predicted octanol–water partition coefficient (Wildman–Crippen LogP) is 0.608. The minimum absolute atomic E-state index is 0.107. The number of halogens is 1. The van der Waals surface area contributed by atoms with Crippen LogP contribution in [0.2, 0.25) is 0 Å². The van der Waals surface area contributed by atoms with Gasteiger partial charge in [0.05, 0.1) is 0 Å². The maximum atomic E-state index is 12.2. The Labute approximate surface area is 103 Å². The van der Waals surface area contributed by atoms with Crippen molar-refractivity contribution in [3.8, 4) is 0 Å². The molecule has 0 bridgehead atoms. The molecule has 0 N–H and O–H groups in total.